The number of nitrogen functional groups attached to an aromatic ring is 1. The molecule has 1 saturated heterocycles. The lowest BCUT2D eigenvalue weighted by Gasteiger charge is -2.30. The summed E-state index contributed by atoms with van der Waals surface area (Å²) in [5, 5.41) is 5.57. The molecule has 1 aromatic carbocycles. The smallest absolute Gasteiger partial charge is 0.407 e. The van der Waals surface area contributed by atoms with E-state index in [0.29, 0.717) is 43.4 Å². The maximum absolute atomic E-state index is 13.2. The molecule has 2 amide bonds. The van der Waals surface area contributed by atoms with Crippen molar-refractivity contribution in [2.24, 2.45) is 0 Å². The van der Waals surface area contributed by atoms with Crippen molar-refractivity contribution in [2.45, 2.75) is 39.4 Å². The monoisotopic (exact) mass is 549 g/mol. The molecule has 1 aliphatic heterocycles. The summed E-state index contributed by atoms with van der Waals surface area (Å²) in [5.74, 6) is 0.140. The molecule has 1 unspecified atom stereocenters. The van der Waals surface area contributed by atoms with Gasteiger partial charge in [-0.15, -0.1) is 0 Å². The second kappa shape index (κ2) is 12.6. The number of hydrogen-bond acceptors (Lipinski definition) is 10. The zero-order chi connectivity index (χ0) is 28.7. The van der Waals surface area contributed by atoms with Gasteiger partial charge in [0, 0.05) is 24.8 Å². The molecule has 0 aliphatic carbocycles. The third-order valence-electron chi connectivity index (χ3n) is 5.83. The van der Waals surface area contributed by atoms with Crippen molar-refractivity contribution in [2.75, 3.05) is 48.8 Å². The first kappa shape index (κ1) is 28.6. The molecule has 40 heavy (non-hydrogen) atoms. The van der Waals surface area contributed by atoms with Crippen molar-refractivity contribution >= 4 is 29.2 Å². The quantitative estimate of drug-likeness (QED) is 0.380. The number of carbonyl (C=O) groups excluding carboxylic acids is 2. The number of anilines is 3. The fourth-order valence-electron chi connectivity index (χ4n) is 3.97. The van der Waals surface area contributed by atoms with Crippen LogP contribution in [0.25, 0.3) is 11.3 Å². The second-order valence-electron chi connectivity index (χ2n) is 10.3. The first-order valence-electron chi connectivity index (χ1n) is 13.0. The van der Waals surface area contributed by atoms with Gasteiger partial charge < -0.3 is 35.5 Å². The van der Waals surface area contributed by atoms with E-state index in [-0.39, 0.29) is 24.2 Å². The Morgan fingerprint density at radius 3 is 2.55 bits per heavy atom. The number of hydrogen-bond donors (Lipinski definition) is 3. The number of alkyl carbamates (subject to hydrolysis) is 1. The molecular weight excluding hydrogens is 514 g/mol. The predicted octanol–water partition coefficient (Wildman–Crippen LogP) is 3.50. The molecular formula is C28H35N7O5. The van der Waals surface area contributed by atoms with Crippen molar-refractivity contribution in [1.29, 1.82) is 0 Å². The largest absolute Gasteiger partial charge is 0.489 e. The molecule has 2 aromatic heterocycles. The van der Waals surface area contributed by atoms with Gasteiger partial charge in [-0.05, 0) is 58.0 Å². The van der Waals surface area contributed by atoms with E-state index < -0.39 is 17.6 Å². The maximum Gasteiger partial charge on any atom is 0.407 e. The summed E-state index contributed by atoms with van der Waals surface area (Å²) in [6.45, 7) is 10.2. The average molecular weight is 550 g/mol. The van der Waals surface area contributed by atoms with Crippen molar-refractivity contribution in [3.8, 4) is 17.0 Å². The van der Waals surface area contributed by atoms with E-state index in [1.165, 1.54) is 6.20 Å². The fourth-order valence-corrected chi connectivity index (χ4v) is 3.97. The van der Waals surface area contributed by atoms with Crippen LogP contribution in [-0.2, 0) is 9.47 Å². The Hall–Kier alpha value is -4.45. The minimum absolute atomic E-state index is 0.0106. The first-order valence-corrected chi connectivity index (χ1v) is 13.0. The van der Waals surface area contributed by atoms with Gasteiger partial charge in [-0.1, -0.05) is 0 Å². The number of nitrogens with two attached hydrogens (primary N) is 1. The summed E-state index contributed by atoms with van der Waals surface area (Å²) in [5.41, 5.74) is 8.07. The van der Waals surface area contributed by atoms with Gasteiger partial charge >= 0.3 is 6.09 Å². The lowest BCUT2D eigenvalue weighted by Crippen LogP contribution is -2.37. The SMILES string of the molecule is CC(CNC(=O)OC(C)(C)C)Oc1ccc(-c2cnc(N)c(C(=O)Nc3cnccc3N3CCOCC3)n2)cc1. The van der Waals surface area contributed by atoms with E-state index in [0.717, 1.165) is 11.3 Å². The third-order valence-corrected chi connectivity index (χ3v) is 5.83. The van der Waals surface area contributed by atoms with E-state index >= 15 is 0 Å². The number of rotatable bonds is 8. The van der Waals surface area contributed by atoms with Gasteiger partial charge in [-0.2, -0.15) is 0 Å². The number of aromatic nitrogens is 3. The van der Waals surface area contributed by atoms with Crippen molar-refractivity contribution in [3.63, 3.8) is 0 Å². The molecule has 12 heteroatoms. The van der Waals surface area contributed by atoms with Gasteiger partial charge in [0.15, 0.2) is 11.5 Å². The van der Waals surface area contributed by atoms with E-state index in [9.17, 15) is 9.59 Å². The van der Waals surface area contributed by atoms with Crippen molar-refractivity contribution in [3.05, 3.63) is 54.6 Å². The molecule has 0 bridgehead atoms. The Labute approximate surface area is 233 Å². The van der Waals surface area contributed by atoms with Crippen LogP contribution in [0.2, 0.25) is 0 Å². The Balaban J connectivity index is 1.41. The summed E-state index contributed by atoms with van der Waals surface area (Å²) < 4.78 is 16.6. The molecule has 1 atom stereocenters. The molecule has 4 N–H and O–H groups in total. The van der Waals surface area contributed by atoms with Crippen LogP contribution in [-0.4, -0.2) is 71.5 Å². The van der Waals surface area contributed by atoms with Gasteiger partial charge in [0.1, 0.15) is 17.5 Å². The summed E-state index contributed by atoms with van der Waals surface area (Å²) in [7, 11) is 0. The number of carbonyl (C=O) groups is 2. The highest BCUT2D eigenvalue weighted by molar-refractivity contribution is 6.07. The molecule has 0 radical (unpaired) electrons. The van der Waals surface area contributed by atoms with E-state index in [1.54, 1.807) is 45.3 Å². The van der Waals surface area contributed by atoms with E-state index in [4.69, 9.17) is 19.9 Å². The Bertz CT molecular complexity index is 1320. The van der Waals surface area contributed by atoms with Gasteiger partial charge in [0.05, 0.1) is 49.2 Å². The molecule has 3 aromatic rings. The van der Waals surface area contributed by atoms with Crippen molar-refractivity contribution < 1.29 is 23.8 Å². The summed E-state index contributed by atoms with van der Waals surface area (Å²) in [6.07, 6.45) is 4.00. The van der Waals surface area contributed by atoms with Gasteiger partial charge in [-0.25, -0.2) is 14.8 Å². The van der Waals surface area contributed by atoms with Crippen LogP contribution in [0.15, 0.2) is 48.9 Å². The summed E-state index contributed by atoms with van der Waals surface area (Å²) in [4.78, 5) is 40.0. The molecule has 3 heterocycles. The minimum atomic E-state index is -0.569. The number of pyridine rings is 1. The van der Waals surface area contributed by atoms with Crippen molar-refractivity contribution in [1.82, 2.24) is 20.3 Å². The standard InChI is InChI=1S/C28H35N7O5/c1-18(15-32-27(37)40-28(2,3)4)39-20-7-5-19(6-8-20)21-17-31-25(29)24(33-21)26(36)34-22-16-30-10-9-23(22)35-11-13-38-14-12-35/h5-10,16-18H,11-15H2,1-4H3,(H2,29,31)(H,32,37)(H,34,36). The lowest BCUT2D eigenvalue weighted by atomic mass is 10.1. The van der Waals surface area contributed by atoms with E-state index in [1.807, 2.05) is 25.1 Å². The highest BCUT2D eigenvalue weighted by Gasteiger charge is 2.20. The molecule has 0 saturated carbocycles. The molecule has 212 valence electrons. The lowest BCUT2D eigenvalue weighted by molar-refractivity contribution is 0.0505. The average Bonchev–Trinajstić information content (AvgIpc) is 2.92. The fraction of sp³-hybridized carbons (Fsp3) is 0.393. The van der Waals surface area contributed by atoms with Crippen LogP contribution in [0.5, 0.6) is 5.75 Å². The Morgan fingerprint density at radius 2 is 1.85 bits per heavy atom. The predicted molar refractivity (Wildman–Crippen MR) is 151 cm³/mol. The zero-order valence-electron chi connectivity index (χ0n) is 23.1. The number of amides is 2. The van der Waals surface area contributed by atoms with E-state index in [2.05, 4.69) is 30.5 Å². The maximum atomic E-state index is 13.2. The number of morpholine rings is 1. The zero-order valence-corrected chi connectivity index (χ0v) is 23.1. The first-order chi connectivity index (χ1) is 19.1. The topological polar surface area (TPSA) is 154 Å². The van der Waals surface area contributed by atoms with Crippen LogP contribution in [0.3, 0.4) is 0 Å². The molecule has 12 nitrogen and oxygen atoms in total. The minimum Gasteiger partial charge on any atom is -0.489 e. The number of ether oxygens (including phenoxy) is 3. The van der Waals surface area contributed by atoms with Crippen LogP contribution < -0.4 is 26.0 Å². The third kappa shape index (κ3) is 7.79. The number of nitrogens with one attached hydrogen (secondary N) is 2. The Morgan fingerprint density at radius 1 is 1.12 bits per heavy atom. The van der Waals surface area contributed by atoms with Crippen LogP contribution >= 0.6 is 0 Å². The number of nitrogens with zero attached hydrogens (tertiary/aromatic N) is 4. The van der Waals surface area contributed by atoms with Gasteiger partial charge in [0.25, 0.3) is 5.91 Å². The van der Waals surface area contributed by atoms with Crippen LogP contribution in [0.1, 0.15) is 38.2 Å². The molecule has 0 spiro atoms. The normalized spacial score (nSPS) is 14.2. The van der Waals surface area contributed by atoms with Gasteiger partial charge in [0.2, 0.25) is 0 Å². The highest BCUT2D eigenvalue weighted by Crippen LogP contribution is 2.27. The second-order valence-corrected chi connectivity index (χ2v) is 10.3. The molecule has 4 rings (SSSR count). The molecule has 1 aliphatic rings. The summed E-state index contributed by atoms with van der Waals surface area (Å²) >= 11 is 0. The summed E-state index contributed by atoms with van der Waals surface area (Å²) in [6, 6.07) is 9.03. The van der Waals surface area contributed by atoms with Crippen LogP contribution in [0, 0.1) is 0 Å². The van der Waals surface area contributed by atoms with Gasteiger partial charge in [-0.3, -0.25) is 9.78 Å². The number of benzene rings is 1. The molecule has 1 fully saturated rings. The van der Waals surface area contributed by atoms with Crippen LogP contribution in [0.4, 0.5) is 22.0 Å². The Kier molecular flexibility index (Phi) is 9.00. The highest BCUT2D eigenvalue weighted by atomic mass is 16.6.